The predicted octanol–water partition coefficient (Wildman–Crippen LogP) is 3.82. The number of nitrogens with zero attached hydrogens (tertiary/aromatic N) is 2. The first-order chi connectivity index (χ1) is 11.6. The molecule has 0 aliphatic heterocycles. The summed E-state index contributed by atoms with van der Waals surface area (Å²) in [5, 5.41) is 4.36. The molecule has 0 saturated carbocycles. The summed E-state index contributed by atoms with van der Waals surface area (Å²) in [6, 6.07) is 13.0. The molecule has 0 N–H and O–H groups in total. The van der Waals surface area contributed by atoms with Crippen molar-refractivity contribution in [3.63, 3.8) is 0 Å². The summed E-state index contributed by atoms with van der Waals surface area (Å²) in [6.45, 7) is -0.180. The van der Waals surface area contributed by atoms with E-state index in [0.29, 0.717) is 16.4 Å². The van der Waals surface area contributed by atoms with E-state index in [1.54, 1.807) is 36.4 Å². The molecule has 3 rings (SSSR count). The highest BCUT2D eigenvalue weighted by molar-refractivity contribution is 6.30. The van der Waals surface area contributed by atoms with Gasteiger partial charge in [-0.2, -0.15) is 4.98 Å². The van der Waals surface area contributed by atoms with Gasteiger partial charge >= 0.3 is 5.97 Å². The van der Waals surface area contributed by atoms with Gasteiger partial charge in [-0.15, -0.1) is 0 Å². The summed E-state index contributed by atoms with van der Waals surface area (Å²) in [5.41, 5.74) is 0.961. The summed E-state index contributed by atoms with van der Waals surface area (Å²) in [6.07, 6.45) is -0.165. The Morgan fingerprint density at radius 2 is 2.04 bits per heavy atom. The van der Waals surface area contributed by atoms with Crippen LogP contribution in [0.1, 0.15) is 11.5 Å². The van der Waals surface area contributed by atoms with Crippen molar-refractivity contribution >= 4 is 17.6 Å². The molecule has 1 aromatic heterocycles. The van der Waals surface area contributed by atoms with Gasteiger partial charge in [0, 0.05) is 10.6 Å². The van der Waals surface area contributed by atoms with Crippen LogP contribution in [0, 0.1) is 5.82 Å². The molecular formula is C17H12ClFN2O3. The number of carbonyl (C=O) groups is 1. The number of carbonyl (C=O) groups excluding carboxylic acids is 1. The molecule has 0 saturated heterocycles. The average Bonchev–Trinajstić information content (AvgIpc) is 3.04. The minimum atomic E-state index is -0.581. The Bertz CT molecular complexity index is 866. The van der Waals surface area contributed by atoms with Gasteiger partial charge in [0.05, 0.1) is 6.42 Å². The summed E-state index contributed by atoms with van der Waals surface area (Å²) in [5.74, 6) is -0.539. The van der Waals surface area contributed by atoms with Gasteiger partial charge in [0.15, 0.2) is 6.61 Å². The second-order valence-corrected chi connectivity index (χ2v) is 5.39. The van der Waals surface area contributed by atoms with Crippen LogP contribution in [0.3, 0.4) is 0 Å². The molecule has 24 heavy (non-hydrogen) atoms. The van der Waals surface area contributed by atoms with E-state index >= 15 is 0 Å². The van der Waals surface area contributed by atoms with Gasteiger partial charge in [0.1, 0.15) is 5.82 Å². The number of rotatable bonds is 5. The molecule has 122 valence electrons. The lowest BCUT2D eigenvalue weighted by atomic mass is 10.1. The SMILES string of the molecule is O=C(Cc1ccccc1F)OCc1nc(-c2cccc(Cl)c2)no1. The van der Waals surface area contributed by atoms with Crippen LogP contribution in [0.25, 0.3) is 11.4 Å². The Kier molecular flexibility index (Phi) is 4.86. The van der Waals surface area contributed by atoms with E-state index in [2.05, 4.69) is 10.1 Å². The molecule has 0 bridgehead atoms. The van der Waals surface area contributed by atoms with Crippen molar-refractivity contribution in [1.29, 1.82) is 0 Å². The number of hydrogen-bond donors (Lipinski definition) is 0. The van der Waals surface area contributed by atoms with Crippen LogP contribution in [-0.2, 0) is 22.6 Å². The maximum Gasteiger partial charge on any atom is 0.310 e. The van der Waals surface area contributed by atoms with Crippen molar-refractivity contribution in [2.24, 2.45) is 0 Å². The van der Waals surface area contributed by atoms with Crippen LogP contribution in [0.2, 0.25) is 5.02 Å². The van der Waals surface area contributed by atoms with Gasteiger partial charge in [-0.05, 0) is 23.8 Å². The molecule has 0 atom stereocenters. The molecule has 0 aliphatic carbocycles. The first-order valence-electron chi connectivity index (χ1n) is 7.09. The Balaban J connectivity index is 1.59. The standard InChI is InChI=1S/C17H12ClFN2O3/c18-13-6-3-5-12(8-13)17-20-15(24-21-17)10-23-16(22)9-11-4-1-2-7-14(11)19/h1-8H,9-10H2. The third-order valence-electron chi connectivity index (χ3n) is 3.20. The molecule has 1 heterocycles. The minimum absolute atomic E-state index is 0.145. The Hall–Kier alpha value is -2.73. The molecule has 3 aromatic rings. The number of benzene rings is 2. The summed E-state index contributed by atoms with van der Waals surface area (Å²) < 4.78 is 23.5. The zero-order valence-electron chi connectivity index (χ0n) is 12.4. The molecule has 0 fully saturated rings. The van der Waals surface area contributed by atoms with Crippen molar-refractivity contribution in [1.82, 2.24) is 10.1 Å². The molecule has 5 nitrogen and oxygen atoms in total. The summed E-state index contributed by atoms with van der Waals surface area (Å²) in [4.78, 5) is 15.9. The maximum absolute atomic E-state index is 13.5. The maximum atomic E-state index is 13.5. The highest BCUT2D eigenvalue weighted by Crippen LogP contribution is 2.20. The van der Waals surface area contributed by atoms with Crippen LogP contribution >= 0.6 is 11.6 Å². The molecule has 2 aromatic carbocycles. The number of ether oxygens (including phenoxy) is 1. The minimum Gasteiger partial charge on any atom is -0.455 e. The number of halogens is 2. The Morgan fingerprint density at radius 3 is 2.83 bits per heavy atom. The fourth-order valence-electron chi connectivity index (χ4n) is 2.05. The van der Waals surface area contributed by atoms with Crippen LogP contribution < -0.4 is 0 Å². The molecule has 7 heteroatoms. The zero-order chi connectivity index (χ0) is 16.9. The largest absolute Gasteiger partial charge is 0.455 e. The normalized spacial score (nSPS) is 10.6. The molecular weight excluding hydrogens is 335 g/mol. The third-order valence-corrected chi connectivity index (χ3v) is 3.44. The highest BCUT2D eigenvalue weighted by Gasteiger charge is 2.13. The average molecular weight is 347 g/mol. The van der Waals surface area contributed by atoms with Crippen molar-refractivity contribution in [2.45, 2.75) is 13.0 Å². The molecule has 0 unspecified atom stereocenters. The van der Waals surface area contributed by atoms with E-state index in [9.17, 15) is 9.18 Å². The van der Waals surface area contributed by atoms with Crippen molar-refractivity contribution < 1.29 is 18.4 Å². The van der Waals surface area contributed by atoms with Gasteiger partial charge < -0.3 is 9.26 Å². The number of aromatic nitrogens is 2. The molecule has 0 aliphatic rings. The van der Waals surface area contributed by atoms with Crippen LogP contribution in [-0.4, -0.2) is 16.1 Å². The Labute approximate surface area is 142 Å². The molecule has 0 spiro atoms. The fraction of sp³-hybridized carbons (Fsp3) is 0.118. The van der Waals surface area contributed by atoms with Crippen molar-refractivity contribution in [3.05, 3.63) is 70.8 Å². The van der Waals surface area contributed by atoms with Gasteiger partial charge in [0.2, 0.25) is 5.82 Å². The molecule has 0 amide bonds. The Morgan fingerprint density at radius 1 is 1.21 bits per heavy atom. The third kappa shape index (κ3) is 3.97. The van der Waals surface area contributed by atoms with E-state index in [4.69, 9.17) is 20.9 Å². The van der Waals surface area contributed by atoms with Gasteiger partial charge in [-0.1, -0.05) is 47.1 Å². The quantitative estimate of drug-likeness (QED) is 0.657. The lowest BCUT2D eigenvalue weighted by Crippen LogP contribution is -2.09. The summed E-state index contributed by atoms with van der Waals surface area (Å²) in [7, 11) is 0. The topological polar surface area (TPSA) is 65.2 Å². The second-order valence-electron chi connectivity index (χ2n) is 4.95. The number of hydrogen-bond acceptors (Lipinski definition) is 5. The van der Waals surface area contributed by atoms with E-state index in [0.717, 1.165) is 0 Å². The van der Waals surface area contributed by atoms with E-state index < -0.39 is 11.8 Å². The van der Waals surface area contributed by atoms with Crippen LogP contribution in [0.5, 0.6) is 0 Å². The molecule has 0 radical (unpaired) electrons. The lowest BCUT2D eigenvalue weighted by molar-refractivity contribution is -0.144. The van der Waals surface area contributed by atoms with Crippen molar-refractivity contribution in [2.75, 3.05) is 0 Å². The van der Waals surface area contributed by atoms with E-state index in [-0.39, 0.29) is 24.5 Å². The van der Waals surface area contributed by atoms with Crippen molar-refractivity contribution in [3.8, 4) is 11.4 Å². The fourth-order valence-corrected chi connectivity index (χ4v) is 2.24. The van der Waals surface area contributed by atoms with Gasteiger partial charge in [-0.25, -0.2) is 4.39 Å². The van der Waals surface area contributed by atoms with Crippen LogP contribution in [0.4, 0.5) is 4.39 Å². The second kappa shape index (κ2) is 7.23. The van der Waals surface area contributed by atoms with Crippen LogP contribution in [0.15, 0.2) is 53.1 Å². The first kappa shape index (κ1) is 16.1. The zero-order valence-corrected chi connectivity index (χ0v) is 13.2. The monoisotopic (exact) mass is 346 g/mol. The smallest absolute Gasteiger partial charge is 0.310 e. The van der Waals surface area contributed by atoms with E-state index in [1.165, 1.54) is 12.1 Å². The van der Waals surface area contributed by atoms with E-state index in [1.807, 2.05) is 0 Å². The first-order valence-corrected chi connectivity index (χ1v) is 7.47. The predicted molar refractivity (Wildman–Crippen MR) is 84.6 cm³/mol. The van der Waals surface area contributed by atoms with Gasteiger partial charge in [0.25, 0.3) is 5.89 Å². The summed E-state index contributed by atoms with van der Waals surface area (Å²) >= 11 is 5.91. The number of esters is 1. The lowest BCUT2D eigenvalue weighted by Gasteiger charge is -2.03. The highest BCUT2D eigenvalue weighted by atomic mass is 35.5. The van der Waals surface area contributed by atoms with Gasteiger partial charge in [-0.3, -0.25) is 4.79 Å².